The van der Waals surface area contributed by atoms with Crippen molar-refractivity contribution >= 4 is 9.84 Å². The number of rotatable bonds is 7. The lowest BCUT2D eigenvalue weighted by molar-refractivity contribution is -0.00930. The molecular formula is C15H20N2O3S. The monoisotopic (exact) mass is 308 g/mol. The van der Waals surface area contributed by atoms with Gasteiger partial charge >= 0.3 is 0 Å². The third kappa shape index (κ3) is 4.27. The number of hydrogen-bond acceptors (Lipinski definition) is 5. The van der Waals surface area contributed by atoms with Crippen LogP contribution in [0.1, 0.15) is 25.3 Å². The maximum absolute atomic E-state index is 12.1. The van der Waals surface area contributed by atoms with Crippen LogP contribution in [0.5, 0.6) is 0 Å². The van der Waals surface area contributed by atoms with Crippen molar-refractivity contribution in [1.82, 2.24) is 5.32 Å². The Kier molecular flexibility index (Phi) is 5.34. The Labute approximate surface area is 125 Å². The summed E-state index contributed by atoms with van der Waals surface area (Å²) in [6.07, 6.45) is 2.22. The molecule has 1 aliphatic carbocycles. The number of benzene rings is 1. The number of nitriles is 1. The molecule has 1 saturated carbocycles. The molecule has 2 rings (SSSR count). The molecule has 0 radical (unpaired) electrons. The van der Waals surface area contributed by atoms with E-state index < -0.39 is 9.84 Å². The Morgan fingerprint density at radius 2 is 2.00 bits per heavy atom. The Bertz CT molecular complexity index is 599. The average Bonchev–Trinajstić information content (AvgIpc) is 2.44. The van der Waals surface area contributed by atoms with Crippen molar-refractivity contribution in [3.05, 3.63) is 29.8 Å². The normalized spacial score (nSPS) is 21.5. The first-order valence-corrected chi connectivity index (χ1v) is 8.78. The van der Waals surface area contributed by atoms with E-state index in [-0.39, 0.29) is 10.6 Å². The first-order chi connectivity index (χ1) is 10.0. The summed E-state index contributed by atoms with van der Waals surface area (Å²) in [6, 6.07) is 8.36. The van der Waals surface area contributed by atoms with Crippen molar-refractivity contribution in [2.45, 2.75) is 36.8 Å². The van der Waals surface area contributed by atoms with Crippen molar-refractivity contribution in [2.24, 2.45) is 0 Å². The van der Waals surface area contributed by atoms with Gasteiger partial charge in [0.15, 0.2) is 9.84 Å². The van der Waals surface area contributed by atoms with Gasteiger partial charge in [-0.2, -0.15) is 5.26 Å². The van der Waals surface area contributed by atoms with Gasteiger partial charge in [0, 0.05) is 19.2 Å². The molecule has 1 aromatic rings. The summed E-state index contributed by atoms with van der Waals surface area (Å²) in [5.41, 5.74) is 0.462. The van der Waals surface area contributed by atoms with Crippen LogP contribution in [0.2, 0.25) is 0 Å². The van der Waals surface area contributed by atoms with Crippen molar-refractivity contribution in [2.75, 3.05) is 18.9 Å². The van der Waals surface area contributed by atoms with Crippen LogP contribution in [0.15, 0.2) is 29.2 Å². The predicted octanol–water partition coefficient (Wildman–Crippen LogP) is 1.49. The summed E-state index contributed by atoms with van der Waals surface area (Å²) < 4.78 is 29.7. The molecule has 1 N–H and O–H groups in total. The topological polar surface area (TPSA) is 79.2 Å². The Hall–Kier alpha value is -1.42. The minimum Gasteiger partial charge on any atom is -0.378 e. The maximum atomic E-state index is 12.1. The highest BCUT2D eigenvalue weighted by molar-refractivity contribution is 7.91. The molecule has 0 aliphatic heterocycles. The highest BCUT2D eigenvalue weighted by Gasteiger charge is 2.29. The van der Waals surface area contributed by atoms with Crippen molar-refractivity contribution in [3.8, 4) is 6.07 Å². The molecule has 114 valence electrons. The molecule has 0 atom stereocenters. The zero-order valence-corrected chi connectivity index (χ0v) is 12.9. The van der Waals surface area contributed by atoms with Gasteiger partial charge in [0.2, 0.25) is 0 Å². The van der Waals surface area contributed by atoms with Gasteiger partial charge in [-0.25, -0.2) is 8.42 Å². The van der Waals surface area contributed by atoms with Crippen molar-refractivity contribution < 1.29 is 13.2 Å². The molecule has 1 aliphatic rings. The zero-order chi connectivity index (χ0) is 15.3. The SMILES string of the molecule is CCOC1CC(NCCS(=O)(=O)c2ccc(C#N)cc2)C1. The van der Waals surface area contributed by atoms with Crippen LogP contribution >= 0.6 is 0 Å². The molecule has 0 bridgehead atoms. The smallest absolute Gasteiger partial charge is 0.179 e. The minimum atomic E-state index is -3.29. The van der Waals surface area contributed by atoms with Crippen LogP contribution in [-0.4, -0.2) is 39.5 Å². The fourth-order valence-electron chi connectivity index (χ4n) is 2.36. The lowest BCUT2D eigenvalue weighted by Gasteiger charge is -2.35. The second-order valence-electron chi connectivity index (χ2n) is 5.15. The van der Waals surface area contributed by atoms with Crippen LogP contribution in [-0.2, 0) is 14.6 Å². The second-order valence-corrected chi connectivity index (χ2v) is 7.26. The van der Waals surface area contributed by atoms with Crippen molar-refractivity contribution in [1.29, 1.82) is 5.26 Å². The summed E-state index contributed by atoms with van der Waals surface area (Å²) >= 11 is 0. The number of hydrogen-bond donors (Lipinski definition) is 1. The molecule has 0 saturated heterocycles. The fraction of sp³-hybridized carbons (Fsp3) is 0.533. The second kappa shape index (κ2) is 7.03. The number of sulfone groups is 1. The molecule has 0 amide bonds. The predicted molar refractivity (Wildman–Crippen MR) is 79.6 cm³/mol. The summed E-state index contributed by atoms with van der Waals surface area (Å²) in [4.78, 5) is 0.268. The van der Waals surface area contributed by atoms with Crippen LogP contribution in [0.25, 0.3) is 0 Å². The van der Waals surface area contributed by atoms with Crippen LogP contribution in [0.4, 0.5) is 0 Å². The van der Waals surface area contributed by atoms with Crippen LogP contribution in [0.3, 0.4) is 0 Å². The van der Waals surface area contributed by atoms with Gasteiger partial charge in [0.1, 0.15) is 0 Å². The third-order valence-electron chi connectivity index (χ3n) is 3.64. The maximum Gasteiger partial charge on any atom is 0.179 e. The van der Waals surface area contributed by atoms with Crippen LogP contribution < -0.4 is 5.32 Å². The molecule has 1 aromatic carbocycles. The molecule has 6 heteroatoms. The van der Waals surface area contributed by atoms with E-state index >= 15 is 0 Å². The van der Waals surface area contributed by atoms with Crippen LogP contribution in [0, 0.1) is 11.3 Å². The first-order valence-electron chi connectivity index (χ1n) is 7.13. The van der Waals surface area contributed by atoms with Gasteiger partial charge in [-0.15, -0.1) is 0 Å². The lowest BCUT2D eigenvalue weighted by atomic mass is 9.89. The summed E-state index contributed by atoms with van der Waals surface area (Å²) in [5, 5.41) is 12.0. The molecule has 21 heavy (non-hydrogen) atoms. The van der Waals surface area contributed by atoms with E-state index in [4.69, 9.17) is 10.00 Å². The van der Waals surface area contributed by atoms with E-state index in [0.717, 1.165) is 19.4 Å². The highest BCUT2D eigenvalue weighted by atomic mass is 32.2. The van der Waals surface area contributed by atoms with Gasteiger partial charge < -0.3 is 10.1 Å². The van der Waals surface area contributed by atoms with E-state index in [9.17, 15) is 8.42 Å². The Morgan fingerprint density at radius 1 is 1.33 bits per heavy atom. The molecule has 0 spiro atoms. The summed E-state index contributed by atoms with van der Waals surface area (Å²) in [7, 11) is -3.29. The molecule has 0 unspecified atom stereocenters. The Morgan fingerprint density at radius 3 is 2.57 bits per heavy atom. The quantitative estimate of drug-likeness (QED) is 0.825. The minimum absolute atomic E-state index is 0.0642. The van der Waals surface area contributed by atoms with Gasteiger partial charge in [-0.1, -0.05) is 0 Å². The summed E-state index contributed by atoms with van der Waals surface area (Å²) in [5.74, 6) is 0.0642. The van der Waals surface area contributed by atoms with Gasteiger partial charge in [0.05, 0.1) is 28.4 Å². The van der Waals surface area contributed by atoms with Gasteiger partial charge in [0.25, 0.3) is 0 Å². The highest BCUT2D eigenvalue weighted by Crippen LogP contribution is 2.23. The largest absolute Gasteiger partial charge is 0.378 e. The summed E-state index contributed by atoms with van der Waals surface area (Å²) in [6.45, 7) is 3.14. The fourth-order valence-corrected chi connectivity index (χ4v) is 3.53. The molecule has 0 aromatic heterocycles. The molecule has 0 heterocycles. The number of nitrogens with zero attached hydrogens (tertiary/aromatic N) is 1. The first kappa shape index (κ1) is 16.0. The van der Waals surface area contributed by atoms with E-state index in [0.29, 0.717) is 24.3 Å². The average molecular weight is 308 g/mol. The molecular weight excluding hydrogens is 288 g/mol. The third-order valence-corrected chi connectivity index (χ3v) is 5.38. The van der Waals surface area contributed by atoms with Gasteiger partial charge in [-0.05, 0) is 44.0 Å². The molecule has 1 fully saturated rings. The number of ether oxygens (including phenoxy) is 1. The number of nitrogens with one attached hydrogen (secondary N) is 1. The lowest BCUT2D eigenvalue weighted by Crippen LogP contribution is -2.46. The molecule has 5 nitrogen and oxygen atoms in total. The standard InChI is InChI=1S/C15H20N2O3S/c1-2-20-14-9-13(10-14)17-7-8-21(18,19)15-5-3-12(11-16)4-6-15/h3-6,13-14,17H,2,7-10H2,1H3. The van der Waals surface area contributed by atoms with E-state index in [1.165, 1.54) is 24.3 Å². The van der Waals surface area contributed by atoms with E-state index in [1.807, 2.05) is 13.0 Å². The Balaban J connectivity index is 1.78. The van der Waals surface area contributed by atoms with E-state index in [1.54, 1.807) is 0 Å². The van der Waals surface area contributed by atoms with Crippen molar-refractivity contribution in [3.63, 3.8) is 0 Å². The van der Waals surface area contributed by atoms with Gasteiger partial charge in [-0.3, -0.25) is 0 Å². The zero-order valence-electron chi connectivity index (χ0n) is 12.1. The van der Waals surface area contributed by atoms with E-state index in [2.05, 4.69) is 5.32 Å².